The van der Waals surface area contributed by atoms with Gasteiger partial charge >= 0.3 is 5.16 Å². The number of aromatic amines is 1. The van der Waals surface area contributed by atoms with Gasteiger partial charge in [0.25, 0.3) is 11.7 Å². The van der Waals surface area contributed by atoms with Crippen LogP contribution in [0.25, 0.3) is 11.4 Å². The van der Waals surface area contributed by atoms with E-state index >= 15 is 0 Å². The third-order valence-electron chi connectivity index (χ3n) is 5.27. The highest BCUT2D eigenvalue weighted by Gasteiger charge is 2.22. The molecule has 0 radical (unpaired) electrons. The third kappa shape index (κ3) is 6.22. The summed E-state index contributed by atoms with van der Waals surface area (Å²) in [5, 5.41) is 23.8. The fourth-order valence-corrected chi connectivity index (χ4v) is 4.17. The molecular weight excluding hydrogens is 434 g/mol. The van der Waals surface area contributed by atoms with Gasteiger partial charge in [-0.15, -0.1) is 10.8 Å². The zero-order valence-electron chi connectivity index (χ0n) is 19.8. The molecule has 33 heavy (non-hydrogen) atoms. The Bertz CT molecular complexity index is 1110. The zero-order valence-corrected chi connectivity index (χ0v) is 20.6. The number of hydrogen-bond acceptors (Lipinski definition) is 5. The van der Waals surface area contributed by atoms with Crippen LogP contribution >= 0.6 is 11.8 Å². The first-order valence-electron chi connectivity index (χ1n) is 11.1. The van der Waals surface area contributed by atoms with Gasteiger partial charge < -0.3 is 5.11 Å². The zero-order chi connectivity index (χ0) is 24.0. The molecule has 0 bridgehead atoms. The van der Waals surface area contributed by atoms with Gasteiger partial charge in [0.1, 0.15) is 0 Å². The van der Waals surface area contributed by atoms with Crippen LogP contribution in [0.3, 0.4) is 0 Å². The van der Waals surface area contributed by atoms with Gasteiger partial charge in [0, 0.05) is 0 Å². The molecule has 0 saturated heterocycles. The van der Waals surface area contributed by atoms with E-state index in [1.807, 2.05) is 6.92 Å². The molecule has 0 aliphatic heterocycles. The van der Waals surface area contributed by atoms with Crippen molar-refractivity contribution in [2.24, 2.45) is 5.10 Å². The molecule has 3 rings (SSSR count). The van der Waals surface area contributed by atoms with E-state index in [2.05, 4.69) is 77.3 Å². The van der Waals surface area contributed by atoms with Gasteiger partial charge in [-0.3, -0.25) is 4.79 Å². The molecule has 0 aliphatic rings. The summed E-state index contributed by atoms with van der Waals surface area (Å²) in [7, 11) is 0. The number of hydrogen-bond donors (Lipinski definition) is 2. The van der Waals surface area contributed by atoms with Gasteiger partial charge in [-0.05, 0) is 53.8 Å². The molecule has 7 nitrogen and oxygen atoms in total. The normalized spacial score (nSPS) is 12.1. The summed E-state index contributed by atoms with van der Waals surface area (Å²) >= 11 is 1.36. The predicted molar refractivity (Wildman–Crippen MR) is 130 cm³/mol. The van der Waals surface area contributed by atoms with E-state index in [0.717, 1.165) is 34.4 Å². The lowest BCUT2D eigenvalue weighted by molar-refractivity contribution is -0.719. The van der Waals surface area contributed by atoms with Crippen molar-refractivity contribution in [1.29, 1.82) is 0 Å². The van der Waals surface area contributed by atoms with E-state index in [0.29, 0.717) is 6.42 Å². The number of nitrogens with one attached hydrogen (secondary N) is 2. The van der Waals surface area contributed by atoms with Crippen molar-refractivity contribution in [1.82, 2.24) is 15.6 Å². The van der Waals surface area contributed by atoms with E-state index in [9.17, 15) is 9.90 Å². The van der Waals surface area contributed by atoms with Crippen LogP contribution in [-0.2, 0) is 16.8 Å². The minimum absolute atomic E-state index is 0.0533. The molecule has 0 spiro atoms. The topological polar surface area (TPSA) is 97.1 Å². The molecule has 174 valence electrons. The monoisotopic (exact) mass is 465 g/mol. The Morgan fingerprint density at radius 1 is 1.12 bits per heavy atom. The number of carbonyl (C=O) groups is 1. The van der Waals surface area contributed by atoms with Crippen molar-refractivity contribution >= 4 is 23.4 Å². The maximum Gasteiger partial charge on any atom is 0.337 e. The second kappa shape index (κ2) is 10.7. The first-order chi connectivity index (χ1) is 15.7. The van der Waals surface area contributed by atoms with Crippen molar-refractivity contribution in [2.75, 3.05) is 5.75 Å². The Morgan fingerprint density at radius 3 is 2.36 bits per heavy atom. The van der Waals surface area contributed by atoms with Gasteiger partial charge in [-0.2, -0.15) is 5.10 Å². The lowest BCUT2D eigenvalue weighted by Gasteiger charge is -2.18. The van der Waals surface area contributed by atoms with Crippen LogP contribution in [0.15, 0.2) is 58.8 Å². The van der Waals surface area contributed by atoms with Gasteiger partial charge in [0.05, 0.1) is 28.7 Å². The predicted octanol–water partition coefficient (Wildman–Crippen LogP) is 3.78. The smallest absolute Gasteiger partial charge is 0.337 e. The van der Waals surface area contributed by atoms with E-state index in [4.69, 9.17) is 0 Å². The van der Waals surface area contributed by atoms with Crippen molar-refractivity contribution < 1.29 is 14.5 Å². The Hall–Kier alpha value is -3.13. The second-order valence-electron chi connectivity index (χ2n) is 8.69. The highest BCUT2D eigenvalue weighted by Crippen LogP contribution is 2.25. The first-order valence-corrected chi connectivity index (χ1v) is 12.1. The minimum Gasteiger partial charge on any atom is -0.872 e. The van der Waals surface area contributed by atoms with Crippen LogP contribution in [-0.4, -0.2) is 27.6 Å². The summed E-state index contributed by atoms with van der Waals surface area (Å²) in [4.78, 5) is 12.4. The molecule has 0 saturated carbocycles. The molecule has 0 unspecified atom stereocenters. The average Bonchev–Trinajstić information content (AvgIpc) is 3.21. The van der Waals surface area contributed by atoms with Gasteiger partial charge in [-0.25, -0.2) is 9.99 Å². The number of carbonyl (C=O) groups excluding carboxylic acids is 1. The quantitative estimate of drug-likeness (QED) is 0.229. The molecule has 1 aromatic heterocycles. The molecule has 0 fully saturated rings. The Balaban J connectivity index is 1.66. The molecule has 8 heteroatoms. The molecular formula is C25H31N5O2S. The highest BCUT2D eigenvalue weighted by atomic mass is 32.2. The van der Waals surface area contributed by atoms with Crippen molar-refractivity contribution in [3.8, 4) is 17.1 Å². The summed E-state index contributed by atoms with van der Waals surface area (Å²) in [5.41, 5.74) is 6.58. The van der Waals surface area contributed by atoms with Crippen LogP contribution in [0.4, 0.5) is 0 Å². The van der Waals surface area contributed by atoms with E-state index < -0.39 is 0 Å². The van der Waals surface area contributed by atoms with Crippen LogP contribution in [0, 0.1) is 0 Å². The van der Waals surface area contributed by atoms with E-state index in [1.54, 1.807) is 12.1 Å². The lowest BCUT2D eigenvalue weighted by Crippen LogP contribution is -2.36. The summed E-state index contributed by atoms with van der Waals surface area (Å²) in [6.07, 6.45) is 0.637. The maximum absolute atomic E-state index is 12.4. The molecule has 0 atom stereocenters. The molecule has 1 heterocycles. The summed E-state index contributed by atoms with van der Waals surface area (Å²) in [6, 6.07) is 14.9. The van der Waals surface area contributed by atoms with Crippen LogP contribution in [0.5, 0.6) is 5.75 Å². The van der Waals surface area contributed by atoms with Crippen molar-refractivity contribution in [3.05, 3.63) is 59.7 Å². The maximum atomic E-state index is 12.4. The standard InChI is InChI=1S/C25H31N5O2S/c1-6-21(17-10-14-20(31)15-11-17)26-27-22(32)16-33-24-29-28-23(30(24)7-2)18-8-12-19(13-9-18)25(3,4)5/h8-15H,6-7,16H2,1-5H3,(H2,26,27,31,32). The van der Waals surface area contributed by atoms with E-state index in [-0.39, 0.29) is 22.8 Å². The molecule has 0 aliphatic carbocycles. The summed E-state index contributed by atoms with van der Waals surface area (Å²) in [5.74, 6) is 0.831. The number of amides is 1. The van der Waals surface area contributed by atoms with Crippen molar-refractivity contribution in [3.63, 3.8) is 0 Å². The van der Waals surface area contributed by atoms with Crippen molar-refractivity contribution in [2.45, 2.75) is 58.2 Å². The van der Waals surface area contributed by atoms with Gasteiger partial charge in [-0.1, -0.05) is 64.1 Å². The molecule has 2 aromatic carbocycles. The number of rotatable bonds is 8. The molecule has 1 amide bonds. The van der Waals surface area contributed by atoms with Crippen LogP contribution in [0.2, 0.25) is 0 Å². The largest absolute Gasteiger partial charge is 0.872 e. The fraction of sp³-hybridized carbons (Fsp3) is 0.360. The van der Waals surface area contributed by atoms with Crippen LogP contribution < -0.4 is 15.1 Å². The Morgan fingerprint density at radius 2 is 1.79 bits per heavy atom. The number of nitrogens with zero attached hydrogens (tertiary/aromatic N) is 3. The number of aromatic nitrogens is 3. The highest BCUT2D eigenvalue weighted by molar-refractivity contribution is 7.99. The van der Waals surface area contributed by atoms with Gasteiger partial charge in [0.2, 0.25) is 0 Å². The fourth-order valence-electron chi connectivity index (χ4n) is 3.36. The van der Waals surface area contributed by atoms with Gasteiger partial charge in [0.15, 0.2) is 0 Å². The van der Waals surface area contributed by atoms with Crippen LogP contribution in [0.1, 0.15) is 52.2 Å². The number of thioether (sulfide) groups is 1. The average molecular weight is 466 g/mol. The molecule has 3 aromatic rings. The Kier molecular flexibility index (Phi) is 7.92. The Labute approximate surface area is 199 Å². The summed E-state index contributed by atoms with van der Waals surface area (Å²) in [6.45, 7) is 11.3. The molecule has 2 N–H and O–H groups in total. The summed E-state index contributed by atoms with van der Waals surface area (Å²) < 4.78 is 2.06. The third-order valence-corrected chi connectivity index (χ3v) is 6.25. The SMILES string of the molecule is CCC(=NNC(=O)CSc1n[nH]c(-c2ccc(C(C)(C)C)cc2)[n+]1CC)c1ccc([O-])cc1. The number of H-pyrrole nitrogens is 1. The second-order valence-corrected chi connectivity index (χ2v) is 9.63. The first kappa shape index (κ1) is 24.5. The number of benzene rings is 2. The minimum atomic E-state index is -0.215. The number of hydrazone groups is 1. The lowest BCUT2D eigenvalue weighted by atomic mass is 9.87. The van der Waals surface area contributed by atoms with E-state index in [1.165, 1.54) is 29.5 Å².